The summed E-state index contributed by atoms with van der Waals surface area (Å²) in [6.45, 7) is 8.03. The third-order valence-corrected chi connectivity index (χ3v) is 14.4. The SMILES string of the molecule is CC[Si](CC)(CC)C[C@@H](O)[C@@H]1CCCN1C(c1ccccc1)(c1ccccc1)c1ccccc1. The van der Waals surface area contributed by atoms with E-state index in [9.17, 15) is 5.11 Å². The molecule has 2 nitrogen and oxygen atoms in total. The minimum absolute atomic E-state index is 0.150. The highest BCUT2D eigenvalue weighted by atomic mass is 28.3. The molecule has 0 saturated carbocycles. The maximum Gasteiger partial charge on any atom is 0.0976 e. The molecule has 3 aromatic carbocycles. The lowest BCUT2D eigenvalue weighted by molar-refractivity contribution is 0.0426. The zero-order valence-corrected chi connectivity index (χ0v) is 22.2. The average molecular weight is 472 g/mol. The van der Waals surface area contributed by atoms with Gasteiger partial charge in [-0.3, -0.25) is 4.90 Å². The normalized spacial score (nSPS) is 18.2. The lowest BCUT2D eigenvalue weighted by atomic mass is 9.75. The van der Waals surface area contributed by atoms with E-state index in [0.717, 1.165) is 25.4 Å². The van der Waals surface area contributed by atoms with Crippen LogP contribution in [0.4, 0.5) is 0 Å². The predicted octanol–water partition coefficient (Wildman–Crippen LogP) is 7.31. The van der Waals surface area contributed by atoms with Crippen LogP contribution in [0, 0.1) is 0 Å². The number of rotatable bonds is 10. The zero-order valence-electron chi connectivity index (χ0n) is 21.2. The first-order chi connectivity index (χ1) is 16.6. The highest BCUT2D eigenvalue weighted by Gasteiger charge is 2.49. The van der Waals surface area contributed by atoms with Gasteiger partial charge in [-0.1, -0.05) is 130 Å². The summed E-state index contributed by atoms with van der Waals surface area (Å²) in [6, 6.07) is 37.8. The Morgan fingerprint density at radius 3 is 1.56 bits per heavy atom. The van der Waals surface area contributed by atoms with Gasteiger partial charge < -0.3 is 5.11 Å². The van der Waals surface area contributed by atoms with Gasteiger partial charge in [0.15, 0.2) is 0 Å². The molecule has 0 radical (unpaired) electrons. The van der Waals surface area contributed by atoms with Crippen LogP contribution < -0.4 is 0 Å². The molecule has 0 spiro atoms. The van der Waals surface area contributed by atoms with Crippen molar-refractivity contribution in [1.82, 2.24) is 4.90 Å². The summed E-state index contributed by atoms with van der Waals surface area (Å²) in [5, 5.41) is 11.8. The summed E-state index contributed by atoms with van der Waals surface area (Å²) < 4.78 is 0. The second-order valence-electron chi connectivity index (χ2n) is 10.0. The molecule has 0 bridgehead atoms. The summed E-state index contributed by atoms with van der Waals surface area (Å²) in [5.74, 6) is 0. The predicted molar refractivity (Wildman–Crippen MR) is 147 cm³/mol. The van der Waals surface area contributed by atoms with Gasteiger partial charge in [0.05, 0.1) is 19.7 Å². The molecule has 2 atom stereocenters. The number of nitrogens with zero attached hydrogens (tertiary/aromatic N) is 1. The number of benzene rings is 3. The van der Waals surface area contributed by atoms with E-state index < -0.39 is 13.6 Å². The Morgan fingerprint density at radius 1 is 0.765 bits per heavy atom. The van der Waals surface area contributed by atoms with Gasteiger partial charge in [0.1, 0.15) is 0 Å². The van der Waals surface area contributed by atoms with E-state index in [1.807, 2.05) is 0 Å². The van der Waals surface area contributed by atoms with Crippen molar-refractivity contribution in [2.75, 3.05) is 6.54 Å². The molecule has 1 N–H and O–H groups in total. The van der Waals surface area contributed by atoms with Gasteiger partial charge in [-0.25, -0.2) is 0 Å². The van der Waals surface area contributed by atoms with Crippen LogP contribution in [0.15, 0.2) is 91.0 Å². The molecule has 4 rings (SSSR count). The van der Waals surface area contributed by atoms with E-state index in [-0.39, 0.29) is 12.1 Å². The molecular formula is C31H41NOSi. The first kappa shape index (κ1) is 24.9. The molecule has 180 valence electrons. The smallest absolute Gasteiger partial charge is 0.0976 e. The Hall–Kier alpha value is -2.20. The molecule has 3 heteroatoms. The molecular weight excluding hydrogens is 430 g/mol. The van der Waals surface area contributed by atoms with Crippen molar-refractivity contribution >= 4 is 8.07 Å². The number of aliphatic hydroxyl groups excluding tert-OH is 1. The fraction of sp³-hybridized carbons (Fsp3) is 0.419. The van der Waals surface area contributed by atoms with E-state index in [0.29, 0.717) is 0 Å². The van der Waals surface area contributed by atoms with Crippen molar-refractivity contribution in [3.63, 3.8) is 0 Å². The summed E-state index contributed by atoms with van der Waals surface area (Å²) in [5.41, 5.74) is 3.39. The van der Waals surface area contributed by atoms with E-state index in [2.05, 4.69) is 117 Å². The molecule has 3 aromatic rings. The number of hydrogen-bond donors (Lipinski definition) is 1. The molecule has 0 aromatic heterocycles. The standard InChI is InChI=1S/C31H41NOSi/c1-4-34(5-2,6-3)25-30(33)29-23-16-24-32(29)31(26-17-10-7-11-18-26,27-19-12-8-13-20-27)28-21-14-9-15-22-28/h7-15,17-22,29-30,33H,4-6,16,23-25H2,1-3H3/t29-,30+/m0/s1. The lowest BCUT2D eigenvalue weighted by Gasteiger charge is -2.48. The number of likely N-dealkylation sites (tertiary alicyclic amines) is 1. The second kappa shape index (κ2) is 11.0. The zero-order chi connectivity index (χ0) is 24.0. The van der Waals surface area contributed by atoms with Gasteiger partial charge in [0.2, 0.25) is 0 Å². The average Bonchev–Trinajstić information content (AvgIpc) is 3.40. The van der Waals surface area contributed by atoms with E-state index in [4.69, 9.17) is 0 Å². The van der Waals surface area contributed by atoms with Crippen LogP contribution in [-0.2, 0) is 5.54 Å². The van der Waals surface area contributed by atoms with Crippen LogP contribution in [0.1, 0.15) is 50.3 Å². The van der Waals surface area contributed by atoms with Crippen LogP contribution >= 0.6 is 0 Å². The van der Waals surface area contributed by atoms with Gasteiger partial charge in [0.25, 0.3) is 0 Å². The Kier molecular flexibility index (Phi) is 8.08. The summed E-state index contributed by atoms with van der Waals surface area (Å²) >= 11 is 0. The summed E-state index contributed by atoms with van der Waals surface area (Å²) in [4.78, 5) is 2.65. The summed E-state index contributed by atoms with van der Waals surface area (Å²) in [6.07, 6.45) is 1.89. The molecule has 0 amide bonds. The van der Waals surface area contributed by atoms with Gasteiger partial charge in [-0.2, -0.15) is 0 Å². The largest absolute Gasteiger partial charge is 0.392 e. The first-order valence-electron chi connectivity index (χ1n) is 13.2. The fourth-order valence-electron chi connectivity index (χ4n) is 6.41. The molecule has 0 unspecified atom stereocenters. The van der Waals surface area contributed by atoms with E-state index >= 15 is 0 Å². The Balaban J connectivity index is 1.88. The minimum Gasteiger partial charge on any atom is -0.392 e. The third kappa shape index (κ3) is 4.54. The third-order valence-electron chi connectivity index (χ3n) is 8.64. The molecule has 1 fully saturated rings. The highest BCUT2D eigenvalue weighted by molar-refractivity contribution is 6.79. The highest BCUT2D eigenvalue weighted by Crippen LogP contribution is 2.47. The number of hydrogen-bond acceptors (Lipinski definition) is 2. The van der Waals surface area contributed by atoms with Crippen molar-refractivity contribution in [1.29, 1.82) is 0 Å². The van der Waals surface area contributed by atoms with Gasteiger partial charge in [-0.05, 0) is 35.6 Å². The van der Waals surface area contributed by atoms with Crippen molar-refractivity contribution in [2.45, 2.75) is 75.5 Å². The maximum absolute atomic E-state index is 11.8. The van der Waals surface area contributed by atoms with Crippen molar-refractivity contribution in [3.05, 3.63) is 108 Å². The van der Waals surface area contributed by atoms with E-state index in [1.54, 1.807) is 0 Å². The molecule has 1 aliphatic rings. The lowest BCUT2D eigenvalue weighted by Crippen LogP contribution is -2.55. The Labute approximate surface area is 207 Å². The van der Waals surface area contributed by atoms with Crippen LogP contribution in [0.5, 0.6) is 0 Å². The molecule has 1 heterocycles. The van der Waals surface area contributed by atoms with Crippen molar-refractivity contribution in [2.24, 2.45) is 0 Å². The molecule has 34 heavy (non-hydrogen) atoms. The van der Waals surface area contributed by atoms with Gasteiger partial charge >= 0.3 is 0 Å². The minimum atomic E-state index is -1.45. The maximum atomic E-state index is 11.8. The molecule has 1 aliphatic heterocycles. The van der Waals surface area contributed by atoms with E-state index in [1.165, 1.54) is 34.8 Å². The number of aliphatic hydroxyl groups is 1. The monoisotopic (exact) mass is 471 g/mol. The van der Waals surface area contributed by atoms with Crippen molar-refractivity contribution in [3.8, 4) is 0 Å². The van der Waals surface area contributed by atoms with Crippen LogP contribution in [0.3, 0.4) is 0 Å². The van der Waals surface area contributed by atoms with Gasteiger partial charge in [0, 0.05) is 12.6 Å². The quantitative estimate of drug-likeness (QED) is 0.247. The second-order valence-corrected chi connectivity index (χ2v) is 15.6. The molecule has 0 aliphatic carbocycles. The van der Waals surface area contributed by atoms with Crippen LogP contribution in [-0.4, -0.2) is 36.8 Å². The van der Waals surface area contributed by atoms with Gasteiger partial charge in [-0.15, -0.1) is 0 Å². The Morgan fingerprint density at radius 2 is 1.18 bits per heavy atom. The Bertz CT molecular complexity index is 898. The topological polar surface area (TPSA) is 23.5 Å². The van der Waals surface area contributed by atoms with Crippen molar-refractivity contribution < 1.29 is 5.11 Å². The fourth-order valence-corrected chi connectivity index (χ4v) is 9.93. The van der Waals surface area contributed by atoms with Crippen LogP contribution in [0.25, 0.3) is 0 Å². The summed E-state index contributed by atoms with van der Waals surface area (Å²) in [7, 11) is -1.45. The van der Waals surface area contributed by atoms with Crippen LogP contribution in [0.2, 0.25) is 24.2 Å². The molecule has 1 saturated heterocycles. The first-order valence-corrected chi connectivity index (χ1v) is 16.1.